The van der Waals surface area contributed by atoms with Crippen molar-refractivity contribution < 1.29 is 9.84 Å². The van der Waals surface area contributed by atoms with Crippen LogP contribution in [-0.2, 0) is 4.74 Å². The number of anilines is 1. The van der Waals surface area contributed by atoms with Crippen molar-refractivity contribution in [3.8, 4) is 0 Å². The number of rotatable bonds is 3. The van der Waals surface area contributed by atoms with E-state index in [9.17, 15) is 4.79 Å². The molecule has 6 nitrogen and oxygen atoms in total. The first-order valence-electron chi connectivity index (χ1n) is 4.94. The number of aliphatic hydroxyl groups excluding tert-OH is 1. The zero-order chi connectivity index (χ0) is 11.4. The van der Waals surface area contributed by atoms with E-state index in [1.165, 1.54) is 6.20 Å². The maximum atomic E-state index is 11.0. The van der Waals surface area contributed by atoms with Crippen LogP contribution >= 0.6 is 11.8 Å². The van der Waals surface area contributed by atoms with E-state index >= 15 is 0 Å². The molecule has 1 aliphatic rings. The zero-order valence-corrected chi connectivity index (χ0v) is 9.37. The second-order valence-corrected chi connectivity index (χ2v) is 4.63. The van der Waals surface area contributed by atoms with E-state index in [4.69, 9.17) is 9.84 Å². The van der Waals surface area contributed by atoms with E-state index < -0.39 is 0 Å². The summed E-state index contributed by atoms with van der Waals surface area (Å²) in [5.41, 5.74) is -0.375. The average Bonchev–Trinajstić information content (AvgIpc) is 2.30. The summed E-state index contributed by atoms with van der Waals surface area (Å²) in [6.45, 7) is 0.548. The van der Waals surface area contributed by atoms with E-state index in [1.807, 2.05) is 0 Å². The van der Waals surface area contributed by atoms with E-state index in [0.29, 0.717) is 12.4 Å². The molecule has 7 heteroatoms. The minimum absolute atomic E-state index is 0.0474. The molecular weight excluding hydrogens is 230 g/mol. The van der Waals surface area contributed by atoms with Gasteiger partial charge in [0.1, 0.15) is 5.82 Å². The molecular formula is C9H13N3O3S. The van der Waals surface area contributed by atoms with Crippen LogP contribution in [0.15, 0.2) is 17.1 Å². The van der Waals surface area contributed by atoms with Crippen LogP contribution in [0.2, 0.25) is 0 Å². The minimum Gasteiger partial charge on any atom is -0.394 e. The number of aromatic nitrogens is 2. The number of nitrogens with zero attached hydrogens (tertiary/aromatic N) is 1. The van der Waals surface area contributed by atoms with Gasteiger partial charge in [-0.25, -0.2) is 9.78 Å². The lowest BCUT2D eigenvalue weighted by molar-refractivity contribution is 0.0250. The number of ether oxygens (including phenoxy) is 1. The Labute approximate surface area is 96.4 Å². The maximum absolute atomic E-state index is 11.0. The molecule has 0 amide bonds. The fourth-order valence-electron chi connectivity index (χ4n) is 1.36. The van der Waals surface area contributed by atoms with Gasteiger partial charge in [0.25, 0.3) is 0 Å². The van der Waals surface area contributed by atoms with Crippen molar-refractivity contribution in [1.29, 1.82) is 0 Å². The quantitative estimate of drug-likeness (QED) is 0.671. The van der Waals surface area contributed by atoms with Crippen LogP contribution in [0.1, 0.15) is 0 Å². The van der Waals surface area contributed by atoms with Gasteiger partial charge in [0.2, 0.25) is 0 Å². The third kappa shape index (κ3) is 2.97. The van der Waals surface area contributed by atoms with Crippen LogP contribution in [0.5, 0.6) is 0 Å². The molecule has 1 saturated heterocycles. The summed E-state index contributed by atoms with van der Waals surface area (Å²) in [5, 5.41) is 12.1. The summed E-state index contributed by atoms with van der Waals surface area (Å²) < 4.78 is 5.40. The van der Waals surface area contributed by atoms with E-state index in [1.54, 1.807) is 17.8 Å². The third-order valence-corrected chi connectivity index (χ3v) is 3.38. The molecule has 0 spiro atoms. The highest BCUT2D eigenvalue weighted by Crippen LogP contribution is 2.21. The van der Waals surface area contributed by atoms with Crippen molar-refractivity contribution >= 4 is 17.6 Å². The van der Waals surface area contributed by atoms with Gasteiger partial charge in [-0.3, -0.25) is 4.98 Å². The van der Waals surface area contributed by atoms with Gasteiger partial charge >= 0.3 is 5.69 Å². The summed E-state index contributed by atoms with van der Waals surface area (Å²) in [7, 11) is 0. The van der Waals surface area contributed by atoms with Gasteiger partial charge < -0.3 is 15.2 Å². The van der Waals surface area contributed by atoms with Gasteiger partial charge in [-0.2, -0.15) is 0 Å². The van der Waals surface area contributed by atoms with Crippen LogP contribution < -0.4 is 11.0 Å². The molecule has 2 unspecified atom stereocenters. The fraction of sp³-hybridized carbons (Fsp3) is 0.556. The largest absolute Gasteiger partial charge is 0.394 e. The second kappa shape index (κ2) is 5.33. The highest BCUT2D eigenvalue weighted by atomic mass is 32.2. The molecule has 16 heavy (non-hydrogen) atoms. The Bertz CT molecular complexity index is 390. The van der Waals surface area contributed by atoms with Crippen molar-refractivity contribution in [2.75, 3.05) is 24.3 Å². The molecule has 0 aromatic carbocycles. The number of hydrogen-bond donors (Lipinski definition) is 3. The molecule has 88 valence electrons. The molecule has 1 aliphatic heterocycles. The normalized spacial score (nSPS) is 25.3. The third-order valence-electron chi connectivity index (χ3n) is 2.16. The lowest BCUT2D eigenvalue weighted by Crippen LogP contribution is -2.35. The highest BCUT2D eigenvalue weighted by Gasteiger charge is 2.21. The zero-order valence-electron chi connectivity index (χ0n) is 8.55. The van der Waals surface area contributed by atoms with Crippen LogP contribution in [0.3, 0.4) is 0 Å². The molecule has 3 N–H and O–H groups in total. The molecule has 2 atom stereocenters. The molecule has 2 heterocycles. The van der Waals surface area contributed by atoms with Crippen LogP contribution in [0.25, 0.3) is 0 Å². The summed E-state index contributed by atoms with van der Waals surface area (Å²) in [6, 6.07) is 1.69. The van der Waals surface area contributed by atoms with Crippen LogP contribution in [0, 0.1) is 0 Å². The summed E-state index contributed by atoms with van der Waals surface area (Å²) in [5.74, 6) is 1.37. The van der Waals surface area contributed by atoms with Gasteiger partial charge in [-0.15, -0.1) is 11.8 Å². The monoisotopic (exact) mass is 243 g/mol. The number of aromatic amines is 1. The predicted octanol–water partition coefficient (Wildman–Crippen LogP) is -0.368. The second-order valence-electron chi connectivity index (χ2n) is 3.39. The number of aliphatic hydroxyl groups is 1. The van der Waals surface area contributed by atoms with Gasteiger partial charge in [-0.05, 0) is 6.07 Å². The Morgan fingerprint density at radius 2 is 2.62 bits per heavy atom. The van der Waals surface area contributed by atoms with Crippen molar-refractivity contribution in [1.82, 2.24) is 9.97 Å². The predicted molar refractivity (Wildman–Crippen MR) is 61.6 cm³/mol. The van der Waals surface area contributed by atoms with Crippen molar-refractivity contribution in [3.63, 3.8) is 0 Å². The minimum atomic E-state index is -0.375. The summed E-state index contributed by atoms with van der Waals surface area (Å²) in [6.07, 6.45) is 1.37. The summed E-state index contributed by atoms with van der Waals surface area (Å²) >= 11 is 1.66. The van der Waals surface area contributed by atoms with Crippen molar-refractivity contribution in [2.24, 2.45) is 0 Å². The van der Waals surface area contributed by atoms with E-state index in [-0.39, 0.29) is 23.8 Å². The molecule has 1 aromatic heterocycles. The Kier molecular flexibility index (Phi) is 3.81. The van der Waals surface area contributed by atoms with Crippen molar-refractivity contribution in [3.05, 3.63) is 22.7 Å². The number of nitrogens with one attached hydrogen (secondary N) is 2. The van der Waals surface area contributed by atoms with Gasteiger partial charge in [0, 0.05) is 11.9 Å². The Morgan fingerprint density at radius 3 is 3.25 bits per heavy atom. The van der Waals surface area contributed by atoms with Gasteiger partial charge in [-0.1, -0.05) is 0 Å². The lowest BCUT2D eigenvalue weighted by atomic mass is 10.4. The van der Waals surface area contributed by atoms with Crippen LogP contribution in [-0.4, -0.2) is 45.5 Å². The highest BCUT2D eigenvalue weighted by molar-refractivity contribution is 8.00. The molecule has 0 bridgehead atoms. The Balaban J connectivity index is 1.89. The van der Waals surface area contributed by atoms with Crippen molar-refractivity contribution in [2.45, 2.75) is 11.5 Å². The first-order valence-corrected chi connectivity index (χ1v) is 5.99. The molecule has 0 aliphatic carbocycles. The summed E-state index contributed by atoms with van der Waals surface area (Å²) in [4.78, 5) is 17.1. The molecule has 1 fully saturated rings. The van der Waals surface area contributed by atoms with Crippen LogP contribution in [0.4, 0.5) is 5.82 Å². The standard InChI is InChI=1S/C9H13N3O3S/c13-3-6-5-16-8(4-15-6)11-7-1-2-10-9(14)12-7/h1-2,6,8,13H,3-5H2,(H2,10,11,12,14). The SMILES string of the molecule is O=c1nccc(NC2COC(CO)CS2)[nH]1. The number of thioether (sulfide) groups is 1. The van der Waals surface area contributed by atoms with Gasteiger partial charge in [0.05, 0.1) is 24.7 Å². The topological polar surface area (TPSA) is 87.2 Å². The number of H-pyrrole nitrogens is 1. The molecule has 1 aromatic rings. The van der Waals surface area contributed by atoms with E-state index in [2.05, 4.69) is 15.3 Å². The fourth-order valence-corrected chi connectivity index (χ4v) is 2.39. The Hall–Kier alpha value is -1.05. The molecule has 2 rings (SSSR count). The molecule has 0 radical (unpaired) electrons. The maximum Gasteiger partial charge on any atom is 0.346 e. The smallest absolute Gasteiger partial charge is 0.346 e. The first kappa shape index (κ1) is 11.4. The number of hydrogen-bond acceptors (Lipinski definition) is 6. The average molecular weight is 243 g/mol. The lowest BCUT2D eigenvalue weighted by Gasteiger charge is -2.28. The Morgan fingerprint density at radius 1 is 1.75 bits per heavy atom. The molecule has 0 saturated carbocycles. The van der Waals surface area contributed by atoms with E-state index in [0.717, 1.165) is 5.75 Å². The first-order chi connectivity index (χ1) is 7.78. The van der Waals surface area contributed by atoms with Gasteiger partial charge in [0.15, 0.2) is 0 Å².